The standard InChI is InChI=1S/C30H38O/c1-3-5-7-8-9-25-12-18-28(19-13-25)29-20-14-26(15-21-29)10-11-27-16-22-30(23-17-27)31-24-6-4-2/h12-14,16-19,22-23,29H,3-9,15,20-21,24H2,1-2H3. The first kappa shape index (κ1) is 23.2. The van der Waals surface area contributed by atoms with Crippen molar-refractivity contribution in [3.8, 4) is 17.6 Å². The molecule has 0 saturated carbocycles. The Morgan fingerprint density at radius 3 is 2.29 bits per heavy atom. The summed E-state index contributed by atoms with van der Waals surface area (Å²) in [5.74, 6) is 8.29. The summed E-state index contributed by atoms with van der Waals surface area (Å²) in [6, 6.07) is 17.6. The first-order chi connectivity index (χ1) is 15.3. The van der Waals surface area contributed by atoms with E-state index in [4.69, 9.17) is 4.74 Å². The molecule has 0 N–H and O–H groups in total. The third-order valence-electron chi connectivity index (χ3n) is 6.17. The minimum absolute atomic E-state index is 0.638. The molecular weight excluding hydrogens is 376 g/mol. The van der Waals surface area contributed by atoms with Crippen LogP contribution in [0.4, 0.5) is 0 Å². The maximum absolute atomic E-state index is 5.73. The Balaban J connectivity index is 1.48. The molecular formula is C30H38O. The first-order valence-corrected chi connectivity index (χ1v) is 12.3. The van der Waals surface area contributed by atoms with Gasteiger partial charge in [-0.05, 0) is 85.4 Å². The molecule has 3 rings (SSSR count). The average Bonchev–Trinajstić information content (AvgIpc) is 2.82. The van der Waals surface area contributed by atoms with Crippen LogP contribution in [0.3, 0.4) is 0 Å². The number of rotatable bonds is 10. The lowest BCUT2D eigenvalue weighted by Gasteiger charge is -2.20. The fourth-order valence-corrected chi connectivity index (χ4v) is 4.08. The predicted molar refractivity (Wildman–Crippen MR) is 133 cm³/mol. The third kappa shape index (κ3) is 7.95. The van der Waals surface area contributed by atoms with Gasteiger partial charge in [-0.2, -0.15) is 0 Å². The van der Waals surface area contributed by atoms with Crippen LogP contribution in [0.5, 0.6) is 5.75 Å². The van der Waals surface area contributed by atoms with Gasteiger partial charge in [-0.3, -0.25) is 0 Å². The highest BCUT2D eigenvalue weighted by molar-refractivity contribution is 5.43. The van der Waals surface area contributed by atoms with Gasteiger partial charge in [-0.25, -0.2) is 0 Å². The lowest BCUT2D eigenvalue weighted by molar-refractivity contribution is 0.309. The second-order valence-corrected chi connectivity index (χ2v) is 8.73. The maximum Gasteiger partial charge on any atom is 0.119 e. The van der Waals surface area contributed by atoms with E-state index in [9.17, 15) is 0 Å². The van der Waals surface area contributed by atoms with E-state index in [1.165, 1.54) is 55.2 Å². The van der Waals surface area contributed by atoms with Crippen molar-refractivity contribution in [2.45, 2.75) is 84.0 Å². The van der Waals surface area contributed by atoms with Crippen LogP contribution in [-0.2, 0) is 6.42 Å². The van der Waals surface area contributed by atoms with Gasteiger partial charge in [0.05, 0.1) is 6.61 Å². The van der Waals surface area contributed by atoms with E-state index < -0.39 is 0 Å². The molecule has 2 aromatic rings. The van der Waals surface area contributed by atoms with Gasteiger partial charge in [0.2, 0.25) is 0 Å². The smallest absolute Gasteiger partial charge is 0.119 e. The monoisotopic (exact) mass is 414 g/mol. The Hall–Kier alpha value is -2.46. The van der Waals surface area contributed by atoms with Crippen LogP contribution in [0.25, 0.3) is 0 Å². The number of ether oxygens (including phenoxy) is 1. The van der Waals surface area contributed by atoms with E-state index in [1.807, 2.05) is 12.1 Å². The van der Waals surface area contributed by atoms with Crippen LogP contribution in [0.15, 0.2) is 60.2 Å². The molecule has 0 aromatic heterocycles. The van der Waals surface area contributed by atoms with Crippen LogP contribution < -0.4 is 4.74 Å². The molecule has 0 bridgehead atoms. The Labute approximate surface area is 189 Å². The molecule has 1 nitrogen and oxygen atoms in total. The fourth-order valence-electron chi connectivity index (χ4n) is 4.08. The third-order valence-corrected chi connectivity index (χ3v) is 6.17. The fraction of sp³-hybridized carbons (Fsp3) is 0.467. The van der Waals surface area contributed by atoms with Crippen LogP contribution >= 0.6 is 0 Å². The van der Waals surface area contributed by atoms with Gasteiger partial charge in [0.25, 0.3) is 0 Å². The number of hydrogen-bond donors (Lipinski definition) is 0. The summed E-state index contributed by atoms with van der Waals surface area (Å²) >= 11 is 0. The van der Waals surface area contributed by atoms with E-state index in [0.29, 0.717) is 5.92 Å². The molecule has 164 valence electrons. The Kier molecular flexibility index (Phi) is 9.78. The summed E-state index contributed by atoms with van der Waals surface area (Å²) in [5, 5.41) is 0. The molecule has 0 heterocycles. The number of unbranched alkanes of at least 4 members (excludes halogenated alkanes) is 4. The molecule has 0 aliphatic heterocycles. The zero-order valence-corrected chi connectivity index (χ0v) is 19.5. The normalized spacial score (nSPS) is 15.7. The topological polar surface area (TPSA) is 9.23 Å². The molecule has 1 atom stereocenters. The van der Waals surface area contributed by atoms with E-state index in [1.54, 1.807) is 0 Å². The van der Waals surface area contributed by atoms with Crippen molar-refractivity contribution in [3.05, 3.63) is 76.9 Å². The number of benzene rings is 2. The molecule has 0 spiro atoms. The minimum atomic E-state index is 0.638. The molecule has 0 saturated heterocycles. The molecule has 1 aliphatic rings. The highest BCUT2D eigenvalue weighted by atomic mass is 16.5. The summed E-state index contributed by atoms with van der Waals surface area (Å²) in [4.78, 5) is 0. The molecule has 31 heavy (non-hydrogen) atoms. The zero-order valence-electron chi connectivity index (χ0n) is 19.5. The van der Waals surface area contributed by atoms with Crippen molar-refractivity contribution >= 4 is 0 Å². The number of hydrogen-bond acceptors (Lipinski definition) is 1. The minimum Gasteiger partial charge on any atom is -0.494 e. The Morgan fingerprint density at radius 1 is 0.839 bits per heavy atom. The molecule has 1 aliphatic carbocycles. The summed E-state index contributed by atoms with van der Waals surface area (Å²) in [6.45, 7) is 5.24. The van der Waals surface area contributed by atoms with Gasteiger partial charge < -0.3 is 4.74 Å². The predicted octanol–water partition coefficient (Wildman–Crippen LogP) is 8.23. The van der Waals surface area contributed by atoms with Gasteiger partial charge >= 0.3 is 0 Å². The average molecular weight is 415 g/mol. The maximum atomic E-state index is 5.73. The van der Waals surface area contributed by atoms with Gasteiger partial charge in [-0.15, -0.1) is 0 Å². The van der Waals surface area contributed by atoms with E-state index >= 15 is 0 Å². The molecule has 1 heteroatoms. The second kappa shape index (κ2) is 13.1. The Morgan fingerprint density at radius 2 is 1.61 bits per heavy atom. The van der Waals surface area contributed by atoms with Gasteiger partial charge in [0, 0.05) is 5.56 Å². The molecule has 0 radical (unpaired) electrons. The van der Waals surface area contributed by atoms with Crippen LogP contribution in [0, 0.1) is 11.8 Å². The van der Waals surface area contributed by atoms with Crippen molar-refractivity contribution in [3.63, 3.8) is 0 Å². The zero-order chi connectivity index (χ0) is 21.7. The molecule has 1 unspecified atom stereocenters. The summed E-state index contributed by atoms with van der Waals surface area (Å²) in [5.41, 5.74) is 5.31. The summed E-state index contributed by atoms with van der Waals surface area (Å²) < 4.78 is 5.73. The number of allylic oxidation sites excluding steroid dienone is 2. The first-order valence-electron chi connectivity index (χ1n) is 12.3. The SMILES string of the molecule is CCCCCCc1ccc(C2CC=C(C#Cc3ccc(OCCCC)cc3)CC2)cc1. The van der Waals surface area contributed by atoms with Gasteiger partial charge in [-0.1, -0.05) is 81.7 Å². The second-order valence-electron chi connectivity index (χ2n) is 8.73. The van der Waals surface area contributed by atoms with Gasteiger partial charge in [0.15, 0.2) is 0 Å². The van der Waals surface area contributed by atoms with Gasteiger partial charge in [0.1, 0.15) is 5.75 Å². The van der Waals surface area contributed by atoms with E-state index in [-0.39, 0.29) is 0 Å². The highest BCUT2D eigenvalue weighted by Gasteiger charge is 2.15. The van der Waals surface area contributed by atoms with Crippen LogP contribution in [0.1, 0.15) is 94.2 Å². The highest BCUT2D eigenvalue weighted by Crippen LogP contribution is 2.32. The lowest BCUT2D eigenvalue weighted by atomic mass is 9.84. The van der Waals surface area contributed by atoms with Crippen molar-refractivity contribution < 1.29 is 4.74 Å². The van der Waals surface area contributed by atoms with Crippen molar-refractivity contribution in [1.29, 1.82) is 0 Å². The lowest BCUT2D eigenvalue weighted by Crippen LogP contribution is -2.04. The summed E-state index contributed by atoms with van der Waals surface area (Å²) in [7, 11) is 0. The van der Waals surface area contributed by atoms with Crippen LogP contribution in [-0.4, -0.2) is 6.61 Å². The van der Waals surface area contributed by atoms with Crippen molar-refractivity contribution in [1.82, 2.24) is 0 Å². The largest absolute Gasteiger partial charge is 0.494 e. The van der Waals surface area contributed by atoms with Crippen molar-refractivity contribution in [2.75, 3.05) is 6.61 Å². The molecule has 0 amide bonds. The Bertz CT molecular complexity index is 861. The summed E-state index contributed by atoms with van der Waals surface area (Å²) in [6.07, 6.45) is 14.5. The van der Waals surface area contributed by atoms with E-state index in [0.717, 1.165) is 43.6 Å². The quantitative estimate of drug-likeness (QED) is 0.281. The van der Waals surface area contributed by atoms with E-state index in [2.05, 4.69) is 68.2 Å². The molecule has 2 aromatic carbocycles. The number of aryl methyl sites for hydroxylation is 1. The van der Waals surface area contributed by atoms with Crippen molar-refractivity contribution in [2.24, 2.45) is 0 Å². The van der Waals surface area contributed by atoms with Crippen LogP contribution in [0.2, 0.25) is 0 Å². The molecule has 0 fully saturated rings.